The highest BCUT2D eigenvalue weighted by Gasteiger charge is 2.20. The Morgan fingerprint density at radius 3 is 2.73 bits per heavy atom. The van der Waals surface area contributed by atoms with Gasteiger partial charge >= 0.3 is 0 Å². The van der Waals surface area contributed by atoms with E-state index in [0.717, 1.165) is 64.9 Å². The van der Waals surface area contributed by atoms with Crippen molar-refractivity contribution in [1.29, 1.82) is 0 Å². The first kappa shape index (κ1) is 23.9. The van der Waals surface area contributed by atoms with E-state index in [-0.39, 0.29) is 24.0 Å². The highest BCUT2D eigenvalue weighted by molar-refractivity contribution is 14.0. The number of hydrogen-bond donors (Lipinski definition) is 2. The molecule has 0 aromatic heterocycles. The maximum Gasteiger partial charge on any atom is 0.191 e. The van der Waals surface area contributed by atoms with E-state index in [9.17, 15) is 0 Å². The Morgan fingerprint density at radius 2 is 2.08 bits per heavy atom. The minimum Gasteiger partial charge on any atom is -0.381 e. The zero-order valence-electron chi connectivity index (χ0n) is 16.7. The quantitative estimate of drug-likeness (QED) is 0.205. The second-order valence-corrected chi connectivity index (χ2v) is 7.11. The number of aliphatic imine (C=N–C) groups is 1. The molecule has 2 rings (SSSR count). The van der Waals surface area contributed by atoms with Crippen LogP contribution < -0.4 is 10.6 Å². The highest BCUT2D eigenvalue weighted by Crippen LogP contribution is 2.14. The van der Waals surface area contributed by atoms with Gasteiger partial charge in [0.1, 0.15) is 0 Å². The maximum absolute atomic E-state index is 5.76. The summed E-state index contributed by atoms with van der Waals surface area (Å²) in [6.45, 7) is 12.9. The van der Waals surface area contributed by atoms with Gasteiger partial charge in [0.05, 0.1) is 19.8 Å². The predicted molar refractivity (Wildman–Crippen MR) is 119 cm³/mol. The molecule has 0 amide bonds. The van der Waals surface area contributed by atoms with Gasteiger partial charge in [0.25, 0.3) is 0 Å². The number of guanidine groups is 1. The van der Waals surface area contributed by atoms with Gasteiger partial charge in [-0.1, -0.05) is 6.92 Å². The van der Waals surface area contributed by atoms with Gasteiger partial charge in [0.15, 0.2) is 5.96 Å². The monoisotopic (exact) mass is 482 g/mol. The molecule has 154 valence electrons. The summed E-state index contributed by atoms with van der Waals surface area (Å²) in [5, 5.41) is 6.79. The number of hydrogen-bond acceptors (Lipinski definition) is 4. The van der Waals surface area contributed by atoms with Crippen molar-refractivity contribution in [2.45, 2.75) is 52.0 Å². The zero-order valence-corrected chi connectivity index (χ0v) is 19.0. The Labute approximate surface area is 176 Å². The molecule has 7 heteroatoms. The molecule has 0 aliphatic carbocycles. The van der Waals surface area contributed by atoms with Crippen molar-refractivity contribution in [3.63, 3.8) is 0 Å². The fourth-order valence-corrected chi connectivity index (χ4v) is 3.49. The Kier molecular flexibility index (Phi) is 13.7. The molecule has 0 spiro atoms. The molecule has 2 aliphatic heterocycles. The second-order valence-electron chi connectivity index (χ2n) is 7.11. The molecule has 2 N–H and O–H groups in total. The predicted octanol–water partition coefficient (Wildman–Crippen LogP) is 2.48. The van der Waals surface area contributed by atoms with E-state index >= 15 is 0 Å². The van der Waals surface area contributed by atoms with Gasteiger partial charge in [-0.15, -0.1) is 24.0 Å². The minimum atomic E-state index is 0. The van der Waals surface area contributed by atoms with Crippen LogP contribution in [0.3, 0.4) is 0 Å². The fourth-order valence-electron chi connectivity index (χ4n) is 3.49. The summed E-state index contributed by atoms with van der Waals surface area (Å²) in [6, 6.07) is 0.579. The number of likely N-dealkylation sites (tertiary alicyclic amines) is 1. The molecule has 26 heavy (non-hydrogen) atoms. The van der Waals surface area contributed by atoms with Crippen molar-refractivity contribution in [2.75, 3.05) is 59.2 Å². The molecule has 2 fully saturated rings. The van der Waals surface area contributed by atoms with Crippen LogP contribution in [0.5, 0.6) is 0 Å². The maximum atomic E-state index is 5.76. The van der Waals surface area contributed by atoms with Gasteiger partial charge in [-0.05, 0) is 52.1 Å². The van der Waals surface area contributed by atoms with Crippen molar-refractivity contribution >= 4 is 29.9 Å². The van der Waals surface area contributed by atoms with Crippen molar-refractivity contribution in [1.82, 2.24) is 15.5 Å². The minimum absolute atomic E-state index is 0. The summed E-state index contributed by atoms with van der Waals surface area (Å²) >= 11 is 0. The van der Waals surface area contributed by atoms with E-state index in [1.54, 1.807) is 0 Å². The van der Waals surface area contributed by atoms with E-state index in [1.165, 1.54) is 32.4 Å². The van der Waals surface area contributed by atoms with Gasteiger partial charge in [-0.25, -0.2) is 0 Å². The Balaban J connectivity index is 0.00000338. The van der Waals surface area contributed by atoms with Gasteiger partial charge in [-0.2, -0.15) is 0 Å². The van der Waals surface area contributed by atoms with Gasteiger partial charge in [-0.3, -0.25) is 9.89 Å². The van der Waals surface area contributed by atoms with E-state index in [2.05, 4.69) is 29.4 Å². The van der Waals surface area contributed by atoms with E-state index < -0.39 is 0 Å². The Hall–Kier alpha value is -0.120. The summed E-state index contributed by atoms with van der Waals surface area (Å²) in [6.07, 6.45) is 5.99. The lowest BCUT2D eigenvalue weighted by atomic mass is 10.1. The first-order chi connectivity index (χ1) is 12.3. The lowest BCUT2D eigenvalue weighted by Gasteiger charge is -2.25. The molecular formula is C19H39IN4O2. The van der Waals surface area contributed by atoms with Crippen LogP contribution >= 0.6 is 24.0 Å². The van der Waals surface area contributed by atoms with Crippen molar-refractivity contribution < 1.29 is 9.47 Å². The van der Waals surface area contributed by atoms with Crippen LogP contribution in [-0.2, 0) is 9.47 Å². The summed E-state index contributed by atoms with van der Waals surface area (Å²) in [5.74, 6) is 1.53. The van der Waals surface area contributed by atoms with Crippen LogP contribution in [-0.4, -0.2) is 76.1 Å². The second kappa shape index (κ2) is 14.9. The lowest BCUT2D eigenvalue weighted by molar-refractivity contribution is 0.0888. The lowest BCUT2D eigenvalue weighted by Crippen LogP contribution is -2.40. The topological polar surface area (TPSA) is 58.1 Å². The number of ether oxygens (including phenoxy) is 2. The summed E-state index contributed by atoms with van der Waals surface area (Å²) in [7, 11) is 0. The summed E-state index contributed by atoms with van der Waals surface area (Å²) in [4.78, 5) is 7.40. The van der Waals surface area contributed by atoms with E-state index in [0.29, 0.717) is 12.0 Å². The van der Waals surface area contributed by atoms with Crippen LogP contribution in [0.15, 0.2) is 4.99 Å². The smallest absolute Gasteiger partial charge is 0.191 e. The largest absolute Gasteiger partial charge is 0.381 e. The molecule has 2 atom stereocenters. The van der Waals surface area contributed by atoms with Crippen molar-refractivity contribution in [3.05, 3.63) is 0 Å². The fraction of sp³-hybridized carbons (Fsp3) is 0.947. The number of halogens is 1. The summed E-state index contributed by atoms with van der Waals surface area (Å²) in [5.41, 5.74) is 0. The first-order valence-corrected chi connectivity index (χ1v) is 10.2. The van der Waals surface area contributed by atoms with Gasteiger partial charge < -0.3 is 20.1 Å². The SMILES string of the molecule is CCNC(=NCC(CC)N1CCCC1)NCCCOCC1CCOC1.I. The normalized spacial score (nSPS) is 22.2. The third-order valence-corrected chi connectivity index (χ3v) is 5.07. The van der Waals surface area contributed by atoms with Crippen LogP contribution in [0.2, 0.25) is 0 Å². The molecule has 0 radical (unpaired) electrons. The van der Waals surface area contributed by atoms with Crippen molar-refractivity contribution in [3.8, 4) is 0 Å². The Morgan fingerprint density at radius 1 is 1.27 bits per heavy atom. The van der Waals surface area contributed by atoms with Crippen LogP contribution in [0.1, 0.15) is 46.0 Å². The van der Waals surface area contributed by atoms with Gasteiger partial charge in [0.2, 0.25) is 0 Å². The molecular weight excluding hydrogens is 443 g/mol. The molecule has 0 bridgehead atoms. The molecule has 2 saturated heterocycles. The summed E-state index contributed by atoms with van der Waals surface area (Å²) < 4.78 is 11.1. The van der Waals surface area contributed by atoms with Crippen LogP contribution in [0.4, 0.5) is 0 Å². The van der Waals surface area contributed by atoms with Crippen molar-refractivity contribution in [2.24, 2.45) is 10.9 Å². The molecule has 0 aromatic carbocycles. The van der Waals surface area contributed by atoms with Gasteiger partial charge in [0, 0.05) is 38.3 Å². The molecule has 2 unspecified atom stereocenters. The average molecular weight is 482 g/mol. The first-order valence-electron chi connectivity index (χ1n) is 10.2. The van der Waals surface area contributed by atoms with Crippen LogP contribution in [0.25, 0.3) is 0 Å². The number of rotatable bonds is 11. The zero-order chi connectivity index (χ0) is 17.7. The number of nitrogens with one attached hydrogen (secondary N) is 2. The van der Waals surface area contributed by atoms with E-state index in [4.69, 9.17) is 14.5 Å². The molecule has 0 saturated carbocycles. The molecule has 0 aromatic rings. The van der Waals surface area contributed by atoms with E-state index in [1.807, 2.05) is 0 Å². The third-order valence-electron chi connectivity index (χ3n) is 5.07. The highest BCUT2D eigenvalue weighted by atomic mass is 127. The standard InChI is InChI=1S/C19H38N4O2.HI/c1-3-18(23-10-5-6-11-23)14-22-19(20-4-2)21-9-7-12-24-15-17-8-13-25-16-17;/h17-18H,3-16H2,1-2H3,(H2,20,21,22);1H. The third kappa shape index (κ3) is 9.19. The molecule has 6 nitrogen and oxygen atoms in total. The molecule has 2 aliphatic rings. The number of nitrogens with zero attached hydrogens (tertiary/aromatic N) is 2. The Bertz CT molecular complexity index is 373. The molecule has 2 heterocycles. The average Bonchev–Trinajstić information content (AvgIpc) is 3.32. The van der Waals surface area contributed by atoms with Crippen LogP contribution in [0, 0.1) is 5.92 Å².